The third-order valence-electron chi connectivity index (χ3n) is 2.86. The van der Waals surface area contributed by atoms with Crippen LogP contribution >= 0.6 is 0 Å². The Morgan fingerprint density at radius 1 is 1.28 bits per heavy atom. The van der Waals surface area contributed by atoms with E-state index in [-0.39, 0.29) is 6.04 Å². The summed E-state index contributed by atoms with van der Waals surface area (Å²) in [4.78, 5) is 7.56. The number of H-pyrrole nitrogens is 1. The van der Waals surface area contributed by atoms with Crippen molar-refractivity contribution in [2.24, 2.45) is 5.73 Å². The Balaban J connectivity index is 2.18. The molecule has 0 radical (unpaired) electrons. The van der Waals surface area contributed by atoms with Gasteiger partial charge < -0.3 is 15.5 Å². The van der Waals surface area contributed by atoms with E-state index >= 15 is 0 Å². The maximum atomic E-state index is 5.94. The minimum Gasteiger partial charge on any atom is -0.494 e. The molecule has 0 spiro atoms. The molecule has 1 heterocycles. The van der Waals surface area contributed by atoms with Crippen molar-refractivity contribution in [2.75, 3.05) is 6.61 Å². The maximum absolute atomic E-state index is 5.94. The zero-order valence-electron chi connectivity index (χ0n) is 10.8. The summed E-state index contributed by atoms with van der Waals surface area (Å²) < 4.78 is 5.41. The third kappa shape index (κ3) is 2.71. The molecule has 0 saturated carbocycles. The molecule has 0 saturated heterocycles. The van der Waals surface area contributed by atoms with Crippen LogP contribution in [0.2, 0.25) is 0 Å². The van der Waals surface area contributed by atoms with Crippen LogP contribution in [-0.2, 0) is 0 Å². The Labute approximate surface area is 107 Å². The van der Waals surface area contributed by atoms with E-state index in [2.05, 4.69) is 9.97 Å². The topological polar surface area (TPSA) is 63.9 Å². The molecule has 0 fully saturated rings. The molecular formula is C14H19N3O. The quantitative estimate of drug-likeness (QED) is 0.851. The first-order valence-electron chi connectivity index (χ1n) is 6.28. The molecule has 0 amide bonds. The molecular weight excluding hydrogens is 226 g/mol. The number of ether oxygens (including phenoxy) is 1. The van der Waals surface area contributed by atoms with Gasteiger partial charge in [-0.3, -0.25) is 0 Å². The number of nitrogens with zero attached hydrogens (tertiary/aromatic N) is 1. The van der Waals surface area contributed by atoms with Gasteiger partial charge in [-0.1, -0.05) is 6.92 Å². The minimum absolute atomic E-state index is 0.0264. The number of aromatic amines is 1. The number of hydrogen-bond donors (Lipinski definition) is 2. The predicted molar refractivity (Wildman–Crippen MR) is 72.4 cm³/mol. The number of hydrogen-bond acceptors (Lipinski definition) is 3. The van der Waals surface area contributed by atoms with Crippen molar-refractivity contribution < 1.29 is 4.74 Å². The largest absolute Gasteiger partial charge is 0.494 e. The predicted octanol–water partition coefficient (Wildman–Crippen LogP) is 2.89. The number of rotatable bonds is 5. The van der Waals surface area contributed by atoms with E-state index < -0.39 is 0 Å². The van der Waals surface area contributed by atoms with Crippen LogP contribution in [0.5, 0.6) is 5.75 Å². The highest BCUT2D eigenvalue weighted by molar-refractivity contribution is 5.59. The van der Waals surface area contributed by atoms with E-state index in [0.717, 1.165) is 29.3 Å². The molecule has 4 nitrogen and oxygen atoms in total. The second kappa shape index (κ2) is 5.69. The van der Waals surface area contributed by atoms with E-state index in [9.17, 15) is 0 Å². The molecule has 2 aromatic rings. The molecule has 1 aromatic carbocycles. The molecule has 1 unspecified atom stereocenters. The van der Waals surface area contributed by atoms with Crippen LogP contribution < -0.4 is 10.5 Å². The highest BCUT2D eigenvalue weighted by atomic mass is 16.5. The van der Waals surface area contributed by atoms with Crippen molar-refractivity contribution in [1.29, 1.82) is 0 Å². The summed E-state index contributed by atoms with van der Waals surface area (Å²) in [5, 5.41) is 0. The van der Waals surface area contributed by atoms with Crippen LogP contribution in [0.15, 0.2) is 30.5 Å². The highest BCUT2D eigenvalue weighted by Gasteiger charge is 2.08. The lowest BCUT2D eigenvalue weighted by atomic mass is 10.1. The third-order valence-corrected chi connectivity index (χ3v) is 2.86. The van der Waals surface area contributed by atoms with Crippen LogP contribution in [0.25, 0.3) is 11.3 Å². The molecule has 2 rings (SSSR count). The Bertz CT molecular complexity index is 490. The molecule has 0 aliphatic rings. The first-order chi connectivity index (χ1) is 8.74. The van der Waals surface area contributed by atoms with E-state index in [1.807, 2.05) is 44.3 Å². The van der Waals surface area contributed by atoms with E-state index in [1.54, 1.807) is 0 Å². The SMILES string of the molecule is CCOc1ccc(-c2cnc(C(N)CC)[nH]2)cc1. The van der Waals surface area contributed by atoms with Gasteiger partial charge in [0, 0.05) is 0 Å². The lowest BCUT2D eigenvalue weighted by Gasteiger charge is -2.05. The summed E-state index contributed by atoms with van der Waals surface area (Å²) in [6, 6.07) is 7.92. The lowest BCUT2D eigenvalue weighted by molar-refractivity contribution is 0.340. The van der Waals surface area contributed by atoms with Crippen molar-refractivity contribution >= 4 is 0 Å². The monoisotopic (exact) mass is 245 g/mol. The number of benzene rings is 1. The Hall–Kier alpha value is -1.81. The molecule has 0 aliphatic heterocycles. The van der Waals surface area contributed by atoms with E-state index in [4.69, 9.17) is 10.5 Å². The summed E-state index contributed by atoms with van der Waals surface area (Å²) in [6.45, 7) is 4.70. The summed E-state index contributed by atoms with van der Waals surface area (Å²) in [6.07, 6.45) is 2.69. The van der Waals surface area contributed by atoms with Gasteiger partial charge >= 0.3 is 0 Å². The van der Waals surface area contributed by atoms with Crippen LogP contribution in [0.4, 0.5) is 0 Å². The first-order valence-corrected chi connectivity index (χ1v) is 6.28. The molecule has 0 aliphatic carbocycles. The molecule has 4 heteroatoms. The van der Waals surface area contributed by atoms with Crippen LogP contribution in [-0.4, -0.2) is 16.6 Å². The zero-order chi connectivity index (χ0) is 13.0. The van der Waals surface area contributed by atoms with Crippen molar-refractivity contribution in [1.82, 2.24) is 9.97 Å². The maximum Gasteiger partial charge on any atom is 0.123 e. The van der Waals surface area contributed by atoms with Gasteiger partial charge in [-0.05, 0) is 43.2 Å². The number of nitrogens with two attached hydrogens (primary N) is 1. The Kier molecular flexibility index (Phi) is 3.99. The fraction of sp³-hybridized carbons (Fsp3) is 0.357. The summed E-state index contributed by atoms with van der Waals surface area (Å²) in [5.74, 6) is 1.72. The summed E-state index contributed by atoms with van der Waals surface area (Å²) >= 11 is 0. The second-order valence-corrected chi connectivity index (χ2v) is 4.15. The fourth-order valence-electron chi connectivity index (χ4n) is 1.76. The van der Waals surface area contributed by atoms with Crippen molar-refractivity contribution in [2.45, 2.75) is 26.3 Å². The zero-order valence-corrected chi connectivity index (χ0v) is 10.8. The molecule has 1 aromatic heterocycles. The lowest BCUT2D eigenvalue weighted by Crippen LogP contribution is -2.10. The number of imidazole rings is 1. The van der Waals surface area contributed by atoms with Gasteiger partial charge in [-0.15, -0.1) is 0 Å². The van der Waals surface area contributed by atoms with Crippen molar-refractivity contribution in [3.63, 3.8) is 0 Å². The average molecular weight is 245 g/mol. The van der Waals surface area contributed by atoms with Gasteiger partial charge in [0.2, 0.25) is 0 Å². The normalized spacial score (nSPS) is 12.4. The van der Waals surface area contributed by atoms with E-state index in [0.29, 0.717) is 6.61 Å². The molecule has 1 atom stereocenters. The Morgan fingerprint density at radius 2 is 2.00 bits per heavy atom. The standard InChI is InChI=1S/C14H19N3O/c1-3-12(15)14-16-9-13(17-14)10-5-7-11(8-6-10)18-4-2/h5-9,12H,3-4,15H2,1-2H3,(H,16,17). The summed E-state index contributed by atoms with van der Waals surface area (Å²) in [5.41, 5.74) is 8.00. The second-order valence-electron chi connectivity index (χ2n) is 4.15. The number of nitrogens with one attached hydrogen (secondary N) is 1. The van der Waals surface area contributed by atoms with Crippen LogP contribution in [0.1, 0.15) is 32.1 Å². The van der Waals surface area contributed by atoms with Crippen molar-refractivity contribution in [3.8, 4) is 17.0 Å². The van der Waals surface area contributed by atoms with Gasteiger partial charge in [0.1, 0.15) is 11.6 Å². The van der Waals surface area contributed by atoms with E-state index in [1.165, 1.54) is 0 Å². The molecule has 96 valence electrons. The number of aromatic nitrogens is 2. The van der Waals surface area contributed by atoms with Crippen molar-refractivity contribution in [3.05, 3.63) is 36.3 Å². The molecule has 3 N–H and O–H groups in total. The summed E-state index contributed by atoms with van der Waals surface area (Å²) in [7, 11) is 0. The van der Waals surface area contributed by atoms with Gasteiger partial charge in [0.25, 0.3) is 0 Å². The smallest absolute Gasteiger partial charge is 0.123 e. The minimum atomic E-state index is -0.0264. The van der Waals surface area contributed by atoms with Crippen LogP contribution in [0, 0.1) is 0 Å². The fourth-order valence-corrected chi connectivity index (χ4v) is 1.76. The van der Waals surface area contributed by atoms with Gasteiger partial charge in [0.15, 0.2) is 0 Å². The molecule has 18 heavy (non-hydrogen) atoms. The highest BCUT2D eigenvalue weighted by Crippen LogP contribution is 2.22. The first kappa shape index (κ1) is 12.6. The Morgan fingerprint density at radius 3 is 2.61 bits per heavy atom. The van der Waals surface area contributed by atoms with Crippen LogP contribution in [0.3, 0.4) is 0 Å². The average Bonchev–Trinajstić information content (AvgIpc) is 2.89. The van der Waals surface area contributed by atoms with Gasteiger partial charge in [-0.25, -0.2) is 4.98 Å². The van der Waals surface area contributed by atoms with Gasteiger partial charge in [0.05, 0.1) is 24.5 Å². The molecule has 0 bridgehead atoms. The van der Waals surface area contributed by atoms with Gasteiger partial charge in [-0.2, -0.15) is 0 Å².